The van der Waals surface area contributed by atoms with E-state index in [9.17, 15) is 10.2 Å². The summed E-state index contributed by atoms with van der Waals surface area (Å²) in [6.07, 6.45) is 2.96. The van der Waals surface area contributed by atoms with Crippen LogP contribution in [0.1, 0.15) is 18.4 Å². The standard InChI is InChI=1S/C15H18O2/c1-11-14(16)9-13(10-15(11)17)8-7-12-5-3-2-4-6-12/h2-6,8,14-17H,1,7,9-10H2/t14-,15-/m1/s1. The summed E-state index contributed by atoms with van der Waals surface area (Å²) >= 11 is 0. The molecule has 1 fully saturated rings. The fourth-order valence-corrected chi connectivity index (χ4v) is 2.11. The van der Waals surface area contributed by atoms with Crippen LogP contribution in [0, 0.1) is 0 Å². The van der Waals surface area contributed by atoms with E-state index in [2.05, 4.69) is 24.8 Å². The van der Waals surface area contributed by atoms with Gasteiger partial charge in [-0.3, -0.25) is 0 Å². The molecule has 1 aliphatic rings. The molecule has 1 saturated carbocycles. The Morgan fingerprint density at radius 2 is 1.71 bits per heavy atom. The second-order valence-electron chi connectivity index (χ2n) is 4.57. The smallest absolute Gasteiger partial charge is 0.0809 e. The largest absolute Gasteiger partial charge is 0.388 e. The summed E-state index contributed by atoms with van der Waals surface area (Å²) < 4.78 is 0. The van der Waals surface area contributed by atoms with Gasteiger partial charge in [0.15, 0.2) is 0 Å². The number of hydrogen-bond acceptors (Lipinski definition) is 2. The number of hydrogen-bond donors (Lipinski definition) is 2. The molecule has 1 aromatic carbocycles. The lowest BCUT2D eigenvalue weighted by Gasteiger charge is -2.27. The van der Waals surface area contributed by atoms with Gasteiger partial charge in [0.1, 0.15) is 0 Å². The van der Waals surface area contributed by atoms with Crippen molar-refractivity contribution in [2.75, 3.05) is 0 Å². The predicted molar refractivity (Wildman–Crippen MR) is 68.6 cm³/mol. The van der Waals surface area contributed by atoms with E-state index < -0.39 is 12.2 Å². The highest BCUT2D eigenvalue weighted by atomic mass is 16.3. The van der Waals surface area contributed by atoms with E-state index in [1.165, 1.54) is 5.56 Å². The Balaban J connectivity index is 2.01. The van der Waals surface area contributed by atoms with Crippen LogP contribution < -0.4 is 0 Å². The molecule has 0 bridgehead atoms. The van der Waals surface area contributed by atoms with Crippen molar-refractivity contribution in [3.63, 3.8) is 0 Å². The molecule has 0 amide bonds. The maximum Gasteiger partial charge on any atom is 0.0809 e. The monoisotopic (exact) mass is 230 g/mol. The Labute approximate surface area is 102 Å². The molecule has 0 unspecified atom stereocenters. The van der Waals surface area contributed by atoms with Crippen molar-refractivity contribution in [3.05, 3.63) is 59.7 Å². The Kier molecular flexibility index (Phi) is 3.77. The van der Waals surface area contributed by atoms with Gasteiger partial charge in [-0.1, -0.05) is 48.6 Å². The fraction of sp³-hybridized carbons (Fsp3) is 0.333. The molecular weight excluding hydrogens is 212 g/mol. The third-order valence-corrected chi connectivity index (χ3v) is 3.24. The summed E-state index contributed by atoms with van der Waals surface area (Å²) in [5.74, 6) is 0. The summed E-state index contributed by atoms with van der Waals surface area (Å²) in [5.41, 5.74) is 2.90. The molecule has 1 aliphatic carbocycles. The molecule has 1 aromatic rings. The van der Waals surface area contributed by atoms with E-state index in [4.69, 9.17) is 0 Å². The molecule has 0 spiro atoms. The molecule has 90 valence electrons. The summed E-state index contributed by atoms with van der Waals surface area (Å²) in [6, 6.07) is 10.2. The van der Waals surface area contributed by atoms with Crippen LogP contribution in [0.3, 0.4) is 0 Å². The first-order valence-electron chi connectivity index (χ1n) is 5.93. The van der Waals surface area contributed by atoms with E-state index >= 15 is 0 Å². The predicted octanol–water partition coefficient (Wildman–Crippen LogP) is 2.23. The Bertz CT molecular complexity index is 404. The minimum absolute atomic E-state index is 0.543. The average molecular weight is 230 g/mol. The lowest BCUT2D eigenvalue weighted by Crippen LogP contribution is -2.28. The molecule has 2 atom stereocenters. The minimum atomic E-state index is -0.597. The molecular formula is C15H18O2. The van der Waals surface area contributed by atoms with Gasteiger partial charge in [-0.05, 0) is 30.4 Å². The Hall–Kier alpha value is -1.38. The molecule has 2 heteroatoms. The molecule has 0 radical (unpaired) electrons. The first-order valence-corrected chi connectivity index (χ1v) is 5.93. The first kappa shape index (κ1) is 12.1. The maximum absolute atomic E-state index is 9.72. The molecule has 0 aromatic heterocycles. The SMILES string of the molecule is C=C1[C@H](O)CC(=CCc2ccccc2)C[C@H]1O. The topological polar surface area (TPSA) is 40.5 Å². The van der Waals surface area contributed by atoms with E-state index in [1.807, 2.05) is 18.2 Å². The van der Waals surface area contributed by atoms with Crippen LogP contribution in [0.25, 0.3) is 0 Å². The van der Waals surface area contributed by atoms with Crippen molar-refractivity contribution in [2.24, 2.45) is 0 Å². The second kappa shape index (κ2) is 5.30. The van der Waals surface area contributed by atoms with Crippen molar-refractivity contribution < 1.29 is 10.2 Å². The van der Waals surface area contributed by atoms with Crippen molar-refractivity contribution in [1.29, 1.82) is 0 Å². The molecule has 0 saturated heterocycles. The zero-order valence-electron chi connectivity index (χ0n) is 9.84. The van der Waals surface area contributed by atoms with Crippen LogP contribution in [-0.2, 0) is 6.42 Å². The number of benzene rings is 1. The molecule has 2 nitrogen and oxygen atoms in total. The van der Waals surface area contributed by atoms with Gasteiger partial charge >= 0.3 is 0 Å². The van der Waals surface area contributed by atoms with Crippen molar-refractivity contribution in [2.45, 2.75) is 31.5 Å². The summed E-state index contributed by atoms with van der Waals surface area (Å²) in [5, 5.41) is 19.4. The molecule has 17 heavy (non-hydrogen) atoms. The molecule has 2 N–H and O–H groups in total. The Morgan fingerprint density at radius 1 is 1.12 bits per heavy atom. The second-order valence-corrected chi connectivity index (χ2v) is 4.57. The lowest BCUT2D eigenvalue weighted by molar-refractivity contribution is 0.123. The average Bonchev–Trinajstić information content (AvgIpc) is 2.34. The van der Waals surface area contributed by atoms with E-state index in [-0.39, 0.29) is 0 Å². The van der Waals surface area contributed by atoms with Gasteiger partial charge < -0.3 is 10.2 Å². The van der Waals surface area contributed by atoms with Gasteiger partial charge in [-0.25, -0.2) is 0 Å². The Morgan fingerprint density at radius 3 is 2.29 bits per heavy atom. The summed E-state index contributed by atoms with van der Waals surface area (Å²) in [6.45, 7) is 3.70. The number of rotatable bonds is 2. The van der Waals surface area contributed by atoms with Crippen molar-refractivity contribution >= 4 is 0 Å². The van der Waals surface area contributed by atoms with Crippen LogP contribution in [-0.4, -0.2) is 22.4 Å². The lowest BCUT2D eigenvalue weighted by atomic mass is 9.86. The third kappa shape index (κ3) is 3.05. The highest BCUT2D eigenvalue weighted by molar-refractivity contribution is 5.25. The van der Waals surface area contributed by atoms with Crippen molar-refractivity contribution in [3.8, 4) is 0 Å². The van der Waals surface area contributed by atoms with E-state index in [0.717, 1.165) is 12.0 Å². The first-order chi connectivity index (χ1) is 8.16. The highest BCUT2D eigenvalue weighted by Crippen LogP contribution is 2.27. The number of aliphatic hydroxyl groups excluding tert-OH is 2. The third-order valence-electron chi connectivity index (χ3n) is 3.24. The maximum atomic E-state index is 9.72. The fourth-order valence-electron chi connectivity index (χ4n) is 2.11. The van der Waals surface area contributed by atoms with Gasteiger partial charge in [0.2, 0.25) is 0 Å². The van der Waals surface area contributed by atoms with Crippen LogP contribution in [0.2, 0.25) is 0 Å². The van der Waals surface area contributed by atoms with Crippen LogP contribution in [0.4, 0.5) is 0 Å². The van der Waals surface area contributed by atoms with Crippen LogP contribution >= 0.6 is 0 Å². The van der Waals surface area contributed by atoms with Gasteiger partial charge in [-0.15, -0.1) is 0 Å². The number of aliphatic hydroxyl groups is 2. The minimum Gasteiger partial charge on any atom is -0.388 e. The molecule has 0 heterocycles. The zero-order valence-corrected chi connectivity index (χ0v) is 9.84. The van der Waals surface area contributed by atoms with Crippen LogP contribution in [0.15, 0.2) is 54.1 Å². The normalized spacial score (nSPS) is 24.8. The van der Waals surface area contributed by atoms with Crippen molar-refractivity contribution in [1.82, 2.24) is 0 Å². The number of allylic oxidation sites excluding steroid dienone is 1. The van der Waals surface area contributed by atoms with Crippen LogP contribution in [0.5, 0.6) is 0 Å². The molecule has 0 aliphatic heterocycles. The van der Waals surface area contributed by atoms with Gasteiger partial charge in [0, 0.05) is 0 Å². The summed E-state index contributed by atoms with van der Waals surface area (Å²) in [4.78, 5) is 0. The van der Waals surface area contributed by atoms with E-state index in [1.54, 1.807) is 0 Å². The van der Waals surface area contributed by atoms with E-state index in [0.29, 0.717) is 18.4 Å². The zero-order chi connectivity index (χ0) is 12.3. The van der Waals surface area contributed by atoms with Gasteiger partial charge in [-0.2, -0.15) is 0 Å². The van der Waals surface area contributed by atoms with Gasteiger partial charge in [0.25, 0.3) is 0 Å². The van der Waals surface area contributed by atoms with Gasteiger partial charge in [0.05, 0.1) is 12.2 Å². The molecule has 2 rings (SSSR count). The summed E-state index contributed by atoms with van der Waals surface area (Å²) in [7, 11) is 0. The quantitative estimate of drug-likeness (QED) is 0.765. The highest BCUT2D eigenvalue weighted by Gasteiger charge is 2.25.